The van der Waals surface area contributed by atoms with Gasteiger partial charge >= 0.3 is 6.09 Å². The van der Waals surface area contributed by atoms with E-state index in [1.54, 1.807) is 20.8 Å². The lowest BCUT2D eigenvalue weighted by Crippen LogP contribution is -2.78. The average Bonchev–Trinajstić information content (AvgIpc) is 2.66. The monoisotopic (exact) mass is 439 g/mol. The van der Waals surface area contributed by atoms with Gasteiger partial charge in [0.15, 0.2) is 0 Å². The summed E-state index contributed by atoms with van der Waals surface area (Å²) < 4.78 is 11.2. The lowest BCUT2D eigenvalue weighted by molar-refractivity contribution is -0.178. The minimum absolute atomic E-state index is 0.0542. The highest BCUT2D eigenvalue weighted by atomic mass is 16.6. The molecule has 2 aliphatic carbocycles. The number of hydrogen-bond acceptors (Lipinski definition) is 5. The van der Waals surface area contributed by atoms with E-state index in [1.165, 1.54) is 6.42 Å². The first-order chi connectivity index (χ1) is 14.4. The van der Waals surface area contributed by atoms with Crippen LogP contribution in [0.5, 0.6) is 0 Å². The number of nitrogens with one attached hydrogen (secondary N) is 3. The smallest absolute Gasteiger partial charge is 0.408 e. The molecule has 8 heteroatoms. The Kier molecular flexibility index (Phi) is 8.36. The Labute approximate surface area is 186 Å². The Morgan fingerprint density at radius 3 is 2.26 bits per heavy atom. The molecule has 2 atom stereocenters. The lowest BCUT2D eigenvalue weighted by atomic mass is 9.53. The normalized spacial score (nSPS) is 25.8. The van der Waals surface area contributed by atoms with E-state index in [4.69, 9.17) is 9.47 Å². The third-order valence-electron chi connectivity index (χ3n) is 6.47. The van der Waals surface area contributed by atoms with Crippen molar-refractivity contribution in [3.63, 3.8) is 0 Å². The summed E-state index contributed by atoms with van der Waals surface area (Å²) in [5, 5.41) is 8.73. The molecule has 2 fully saturated rings. The van der Waals surface area contributed by atoms with Crippen LogP contribution in [-0.2, 0) is 19.1 Å². The minimum atomic E-state index is -1.16. The molecule has 0 unspecified atom stereocenters. The number of carbonyl (C=O) groups is 3. The largest absolute Gasteiger partial charge is 0.444 e. The molecule has 0 aromatic rings. The number of carbonyl (C=O) groups excluding carboxylic acids is 3. The summed E-state index contributed by atoms with van der Waals surface area (Å²) in [5.74, 6) is -0.369. The first kappa shape index (κ1) is 25.4. The third-order valence-corrected chi connectivity index (χ3v) is 6.47. The molecule has 2 rings (SSSR count). The van der Waals surface area contributed by atoms with Gasteiger partial charge in [-0.15, -0.1) is 0 Å². The summed E-state index contributed by atoms with van der Waals surface area (Å²) >= 11 is 0. The number of rotatable bonds is 8. The highest BCUT2D eigenvalue weighted by Gasteiger charge is 2.66. The lowest BCUT2D eigenvalue weighted by Gasteiger charge is -2.59. The fourth-order valence-electron chi connectivity index (χ4n) is 4.53. The molecule has 31 heavy (non-hydrogen) atoms. The number of ether oxygens (including phenoxy) is 2. The molecule has 0 aromatic carbocycles. The molecule has 2 aliphatic rings. The van der Waals surface area contributed by atoms with Crippen molar-refractivity contribution in [3.8, 4) is 0 Å². The number of alkyl carbamates (subject to hydrolysis) is 1. The van der Waals surface area contributed by atoms with Crippen LogP contribution in [0.4, 0.5) is 4.79 Å². The molecule has 0 aromatic heterocycles. The van der Waals surface area contributed by atoms with Crippen LogP contribution in [0.3, 0.4) is 0 Å². The van der Waals surface area contributed by atoms with Crippen LogP contribution >= 0.6 is 0 Å². The minimum Gasteiger partial charge on any atom is -0.444 e. The van der Waals surface area contributed by atoms with Gasteiger partial charge < -0.3 is 25.4 Å². The first-order valence-corrected chi connectivity index (χ1v) is 11.6. The van der Waals surface area contributed by atoms with Crippen LogP contribution in [0.1, 0.15) is 86.5 Å². The van der Waals surface area contributed by atoms with Gasteiger partial charge in [0, 0.05) is 37.5 Å². The summed E-state index contributed by atoms with van der Waals surface area (Å²) in [5.41, 5.74) is -2.46. The van der Waals surface area contributed by atoms with E-state index < -0.39 is 22.6 Å². The quantitative estimate of drug-likeness (QED) is 0.539. The van der Waals surface area contributed by atoms with Crippen molar-refractivity contribution in [3.05, 3.63) is 0 Å². The van der Waals surface area contributed by atoms with Gasteiger partial charge in [0.05, 0.1) is 6.10 Å². The molecular formula is C23H41N3O5. The van der Waals surface area contributed by atoms with E-state index in [0.29, 0.717) is 13.0 Å². The number of amides is 3. The van der Waals surface area contributed by atoms with E-state index in [-0.39, 0.29) is 36.9 Å². The molecule has 0 bridgehead atoms. The first-order valence-electron chi connectivity index (χ1n) is 11.6. The fraction of sp³-hybridized carbons (Fsp3) is 0.870. The Hall–Kier alpha value is -1.83. The van der Waals surface area contributed by atoms with Crippen LogP contribution in [0.15, 0.2) is 0 Å². The maximum absolute atomic E-state index is 13.2. The second kappa shape index (κ2) is 10.2. The maximum Gasteiger partial charge on any atom is 0.408 e. The van der Waals surface area contributed by atoms with E-state index >= 15 is 0 Å². The Morgan fingerprint density at radius 2 is 1.71 bits per heavy atom. The zero-order chi connectivity index (χ0) is 23.3. The van der Waals surface area contributed by atoms with Gasteiger partial charge in [0.25, 0.3) is 0 Å². The van der Waals surface area contributed by atoms with Crippen LogP contribution in [0.25, 0.3) is 0 Å². The molecule has 0 aliphatic heterocycles. The van der Waals surface area contributed by atoms with Crippen molar-refractivity contribution >= 4 is 17.9 Å². The molecule has 178 valence electrons. The van der Waals surface area contributed by atoms with E-state index in [2.05, 4.69) is 16.0 Å². The third kappa shape index (κ3) is 6.34. The van der Waals surface area contributed by atoms with Gasteiger partial charge in [0.1, 0.15) is 11.1 Å². The molecule has 0 radical (unpaired) electrons. The fourth-order valence-corrected chi connectivity index (χ4v) is 4.53. The Bertz CT molecular complexity index is 652. The van der Waals surface area contributed by atoms with E-state index in [1.807, 2.05) is 20.8 Å². The van der Waals surface area contributed by atoms with Crippen molar-refractivity contribution < 1.29 is 23.9 Å². The predicted molar refractivity (Wildman–Crippen MR) is 119 cm³/mol. The zero-order valence-corrected chi connectivity index (χ0v) is 20.1. The van der Waals surface area contributed by atoms with Crippen molar-refractivity contribution in [1.82, 2.24) is 16.0 Å². The van der Waals surface area contributed by atoms with Gasteiger partial charge in [-0.05, 0) is 40.5 Å². The summed E-state index contributed by atoms with van der Waals surface area (Å²) in [6.45, 7) is 11.8. The summed E-state index contributed by atoms with van der Waals surface area (Å²) in [6.07, 6.45) is 5.34. The predicted octanol–water partition coefficient (Wildman–Crippen LogP) is 3.04. The number of hydrogen-bond donors (Lipinski definition) is 3. The Balaban J connectivity index is 1.97. The van der Waals surface area contributed by atoms with Crippen molar-refractivity contribution in [2.24, 2.45) is 5.41 Å². The molecule has 3 amide bonds. The molecule has 2 saturated carbocycles. The average molecular weight is 440 g/mol. The second-order valence-corrected chi connectivity index (χ2v) is 10.3. The Morgan fingerprint density at radius 1 is 1.06 bits per heavy atom. The van der Waals surface area contributed by atoms with Gasteiger partial charge in [-0.25, -0.2) is 4.79 Å². The topological polar surface area (TPSA) is 106 Å². The highest BCUT2D eigenvalue weighted by Crippen LogP contribution is 2.51. The molecule has 0 saturated heterocycles. The van der Waals surface area contributed by atoms with E-state index in [0.717, 1.165) is 25.7 Å². The summed E-state index contributed by atoms with van der Waals surface area (Å²) in [4.78, 5) is 38.0. The van der Waals surface area contributed by atoms with Crippen LogP contribution in [-0.4, -0.2) is 54.3 Å². The maximum atomic E-state index is 13.2. The molecular weight excluding hydrogens is 398 g/mol. The van der Waals surface area contributed by atoms with Gasteiger partial charge in [-0.3, -0.25) is 9.59 Å². The van der Waals surface area contributed by atoms with Crippen molar-refractivity contribution in [2.75, 3.05) is 13.2 Å². The second-order valence-electron chi connectivity index (χ2n) is 10.3. The summed E-state index contributed by atoms with van der Waals surface area (Å²) in [7, 11) is 0. The standard InChI is InChI=1S/C23H41N3O5/c1-7-30-17-15-23(22(17,5)6,26-20(29)31-21(2,3)4)19(28)24-14-13-18(27)25-16-11-9-8-10-12-16/h16-17H,7-15H2,1-6H3,(H,24,28)(H,25,27)(H,26,29)/t17-,23+/m1/s1. The van der Waals surface area contributed by atoms with Gasteiger partial charge in [-0.1, -0.05) is 33.1 Å². The molecule has 0 heterocycles. The summed E-state index contributed by atoms with van der Waals surface area (Å²) in [6, 6.07) is 0.245. The highest BCUT2D eigenvalue weighted by molar-refractivity contribution is 5.93. The van der Waals surface area contributed by atoms with Gasteiger partial charge in [0.2, 0.25) is 11.8 Å². The van der Waals surface area contributed by atoms with Gasteiger partial charge in [-0.2, -0.15) is 0 Å². The van der Waals surface area contributed by atoms with Crippen LogP contribution < -0.4 is 16.0 Å². The van der Waals surface area contributed by atoms with Crippen LogP contribution in [0.2, 0.25) is 0 Å². The molecule has 0 spiro atoms. The molecule has 3 N–H and O–H groups in total. The van der Waals surface area contributed by atoms with Crippen molar-refractivity contribution in [2.45, 2.75) is 110 Å². The van der Waals surface area contributed by atoms with Crippen molar-refractivity contribution in [1.29, 1.82) is 0 Å². The van der Waals surface area contributed by atoms with Crippen LogP contribution in [0, 0.1) is 5.41 Å². The van der Waals surface area contributed by atoms with E-state index in [9.17, 15) is 14.4 Å². The zero-order valence-electron chi connectivity index (χ0n) is 20.1. The molecule has 8 nitrogen and oxygen atoms in total. The SMILES string of the molecule is CCO[C@@H]1C[C@](NC(=O)OC(C)(C)C)(C(=O)NCCC(=O)NC2CCCCC2)C1(C)C.